The van der Waals surface area contributed by atoms with Crippen molar-refractivity contribution in [3.05, 3.63) is 66.3 Å². The van der Waals surface area contributed by atoms with Crippen LogP contribution in [-0.4, -0.2) is 28.5 Å². The molecule has 0 aliphatic carbocycles. The molecule has 0 bridgehead atoms. The quantitative estimate of drug-likeness (QED) is 0.525. The number of carbonyl (C=O) groups is 1. The van der Waals surface area contributed by atoms with Gasteiger partial charge in [-0.1, -0.05) is 18.2 Å². The number of fused-ring (bicyclic) bond motifs is 1. The van der Waals surface area contributed by atoms with Gasteiger partial charge in [0.25, 0.3) is 5.91 Å². The summed E-state index contributed by atoms with van der Waals surface area (Å²) in [6, 6.07) is 14.7. The number of methoxy groups -OCH3 is 1. The summed E-state index contributed by atoms with van der Waals surface area (Å²) in [5.74, 6) is 1.11. The summed E-state index contributed by atoms with van der Waals surface area (Å²) in [5, 5.41) is 4.94. The first-order valence-corrected chi connectivity index (χ1v) is 9.65. The van der Waals surface area contributed by atoms with Crippen molar-refractivity contribution in [2.45, 2.75) is 13.0 Å². The standard InChI is InChI=1S/C21H19N3O3S/c1-14(27-16-9-7-15(26-2)8-10-16)20(25)22-18-6-4-3-5-17(18)19-13-24-11-12-28-21(24)23-19/h3-14H,1-2H3,(H,22,25). The van der Waals surface area contributed by atoms with Crippen LogP contribution >= 0.6 is 11.3 Å². The number of imidazole rings is 1. The molecule has 1 atom stereocenters. The highest BCUT2D eigenvalue weighted by Crippen LogP contribution is 2.28. The number of amides is 1. The highest BCUT2D eigenvalue weighted by Gasteiger charge is 2.18. The molecule has 1 N–H and O–H groups in total. The highest BCUT2D eigenvalue weighted by atomic mass is 32.1. The zero-order chi connectivity index (χ0) is 19.5. The maximum Gasteiger partial charge on any atom is 0.265 e. The molecule has 2 aromatic heterocycles. The van der Waals surface area contributed by atoms with Gasteiger partial charge in [-0.25, -0.2) is 4.98 Å². The topological polar surface area (TPSA) is 64.9 Å². The van der Waals surface area contributed by atoms with Crippen molar-refractivity contribution < 1.29 is 14.3 Å². The van der Waals surface area contributed by atoms with Crippen LogP contribution < -0.4 is 14.8 Å². The number of benzene rings is 2. The van der Waals surface area contributed by atoms with E-state index in [1.165, 1.54) is 0 Å². The average Bonchev–Trinajstić information content (AvgIpc) is 3.31. The van der Waals surface area contributed by atoms with Gasteiger partial charge in [0, 0.05) is 23.3 Å². The minimum atomic E-state index is -0.660. The number of anilines is 1. The number of hydrogen-bond acceptors (Lipinski definition) is 5. The maximum atomic E-state index is 12.7. The predicted molar refractivity (Wildman–Crippen MR) is 110 cm³/mol. The molecule has 0 saturated carbocycles. The first-order chi connectivity index (χ1) is 13.6. The lowest BCUT2D eigenvalue weighted by atomic mass is 10.1. The Bertz CT molecular complexity index is 1070. The summed E-state index contributed by atoms with van der Waals surface area (Å²) in [6.07, 6.45) is 3.25. The molecule has 28 heavy (non-hydrogen) atoms. The van der Waals surface area contributed by atoms with Crippen molar-refractivity contribution in [2.75, 3.05) is 12.4 Å². The first-order valence-electron chi connectivity index (χ1n) is 8.77. The van der Waals surface area contributed by atoms with Crippen LogP contribution in [0.2, 0.25) is 0 Å². The summed E-state index contributed by atoms with van der Waals surface area (Å²) in [4.78, 5) is 18.2. The SMILES string of the molecule is COc1ccc(OC(C)C(=O)Nc2ccccc2-c2cn3ccsc3n2)cc1. The number of carbonyl (C=O) groups excluding carboxylic acids is 1. The van der Waals surface area contributed by atoms with Gasteiger partial charge in [-0.05, 0) is 37.3 Å². The van der Waals surface area contributed by atoms with E-state index in [4.69, 9.17) is 9.47 Å². The first kappa shape index (κ1) is 18.1. The fourth-order valence-electron chi connectivity index (χ4n) is 2.82. The second-order valence-electron chi connectivity index (χ2n) is 6.19. The van der Waals surface area contributed by atoms with Crippen molar-refractivity contribution in [2.24, 2.45) is 0 Å². The van der Waals surface area contributed by atoms with E-state index in [0.717, 1.165) is 22.0 Å². The second kappa shape index (κ2) is 7.74. The van der Waals surface area contributed by atoms with Crippen LogP contribution in [0.1, 0.15) is 6.92 Å². The largest absolute Gasteiger partial charge is 0.497 e. The Balaban J connectivity index is 1.50. The van der Waals surface area contributed by atoms with Gasteiger partial charge in [0.15, 0.2) is 11.1 Å². The molecule has 1 unspecified atom stereocenters. The Morgan fingerprint density at radius 3 is 2.64 bits per heavy atom. The summed E-state index contributed by atoms with van der Waals surface area (Å²) < 4.78 is 12.8. The summed E-state index contributed by atoms with van der Waals surface area (Å²) in [6.45, 7) is 1.72. The van der Waals surface area contributed by atoms with Crippen molar-refractivity contribution in [1.82, 2.24) is 9.38 Å². The van der Waals surface area contributed by atoms with E-state index in [0.29, 0.717) is 11.4 Å². The highest BCUT2D eigenvalue weighted by molar-refractivity contribution is 7.15. The molecule has 0 radical (unpaired) electrons. The number of rotatable bonds is 6. The van der Waals surface area contributed by atoms with Gasteiger partial charge < -0.3 is 14.8 Å². The number of ether oxygens (including phenoxy) is 2. The van der Waals surface area contributed by atoms with Crippen molar-refractivity contribution >= 4 is 27.9 Å². The van der Waals surface area contributed by atoms with Gasteiger partial charge in [-0.2, -0.15) is 0 Å². The van der Waals surface area contributed by atoms with Gasteiger partial charge >= 0.3 is 0 Å². The molecule has 6 nitrogen and oxygen atoms in total. The third kappa shape index (κ3) is 3.70. The molecule has 142 valence electrons. The van der Waals surface area contributed by atoms with Crippen LogP contribution in [-0.2, 0) is 4.79 Å². The lowest BCUT2D eigenvalue weighted by Crippen LogP contribution is -2.30. The lowest BCUT2D eigenvalue weighted by molar-refractivity contribution is -0.122. The van der Waals surface area contributed by atoms with Gasteiger partial charge in [0.1, 0.15) is 11.5 Å². The van der Waals surface area contributed by atoms with Crippen LogP contribution in [0.5, 0.6) is 11.5 Å². The number of nitrogens with one attached hydrogen (secondary N) is 1. The number of para-hydroxylation sites is 1. The molecule has 0 aliphatic rings. The van der Waals surface area contributed by atoms with E-state index in [1.54, 1.807) is 49.6 Å². The van der Waals surface area contributed by atoms with Crippen LogP contribution in [0, 0.1) is 0 Å². The molecular formula is C21H19N3O3S. The average molecular weight is 393 g/mol. The minimum absolute atomic E-state index is 0.232. The fraction of sp³-hybridized carbons (Fsp3) is 0.143. The summed E-state index contributed by atoms with van der Waals surface area (Å²) in [7, 11) is 1.60. The smallest absolute Gasteiger partial charge is 0.265 e. The van der Waals surface area contributed by atoms with Gasteiger partial charge in [-0.3, -0.25) is 9.20 Å². The minimum Gasteiger partial charge on any atom is -0.497 e. The lowest BCUT2D eigenvalue weighted by Gasteiger charge is -2.16. The van der Waals surface area contributed by atoms with E-state index in [9.17, 15) is 4.79 Å². The molecular weight excluding hydrogens is 374 g/mol. The van der Waals surface area contributed by atoms with Crippen molar-refractivity contribution in [1.29, 1.82) is 0 Å². The predicted octanol–water partition coefficient (Wildman–Crippen LogP) is 4.48. The molecule has 1 amide bonds. The van der Waals surface area contributed by atoms with Gasteiger partial charge in [-0.15, -0.1) is 11.3 Å². The van der Waals surface area contributed by atoms with Crippen molar-refractivity contribution in [3.8, 4) is 22.8 Å². The summed E-state index contributed by atoms with van der Waals surface area (Å²) in [5.41, 5.74) is 2.37. The van der Waals surface area contributed by atoms with Crippen LogP contribution in [0.3, 0.4) is 0 Å². The third-order valence-electron chi connectivity index (χ3n) is 4.30. The third-order valence-corrected chi connectivity index (χ3v) is 5.07. The van der Waals surface area contributed by atoms with Crippen LogP contribution in [0.15, 0.2) is 66.3 Å². The van der Waals surface area contributed by atoms with E-state index >= 15 is 0 Å². The van der Waals surface area contributed by atoms with Gasteiger partial charge in [0.2, 0.25) is 0 Å². The van der Waals surface area contributed by atoms with Crippen molar-refractivity contribution in [3.63, 3.8) is 0 Å². The Labute approximate surface area is 166 Å². The molecule has 0 spiro atoms. The number of aromatic nitrogens is 2. The molecule has 0 aliphatic heterocycles. The Hall–Kier alpha value is -3.32. The summed E-state index contributed by atoms with van der Waals surface area (Å²) >= 11 is 1.57. The normalized spacial score (nSPS) is 11.9. The molecule has 0 fully saturated rings. The van der Waals surface area contributed by atoms with E-state index < -0.39 is 6.10 Å². The van der Waals surface area contributed by atoms with Crippen LogP contribution in [0.25, 0.3) is 16.2 Å². The molecule has 0 saturated heterocycles. The second-order valence-corrected chi connectivity index (χ2v) is 7.06. The van der Waals surface area contributed by atoms with E-state index in [1.807, 2.05) is 46.4 Å². The number of hydrogen-bond donors (Lipinski definition) is 1. The number of nitrogens with zero attached hydrogens (tertiary/aromatic N) is 2. The van der Waals surface area contributed by atoms with E-state index in [2.05, 4.69) is 10.3 Å². The molecule has 2 heterocycles. The number of thiazole rings is 1. The molecule has 4 rings (SSSR count). The fourth-order valence-corrected chi connectivity index (χ4v) is 3.52. The molecule has 2 aromatic carbocycles. The maximum absolute atomic E-state index is 12.7. The van der Waals surface area contributed by atoms with Gasteiger partial charge in [0.05, 0.1) is 18.5 Å². The Morgan fingerprint density at radius 2 is 1.89 bits per heavy atom. The van der Waals surface area contributed by atoms with Crippen LogP contribution in [0.4, 0.5) is 5.69 Å². The zero-order valence-electron chi connectivity index (χ0n) is 15.5. The Morgan fingerprint density at radius 1 is 1.14 bits per heavy atom. The Kier molecular flexibility index (Phi) is 4.99. The molecule has 7 heteroatoms. The zero-order valence-corrected chi connectivity index (χ0v) is 16.3. The molecule has 4 aromatic rings. The monoisotopic (exact) mass is 393 g/mol. The van der Waals surface area contributed by atoms with E-state index in [-0.39, 0.29) is 5.91 Å².